The molecule has 0 saturated carbocycles. The zero-order chi connectivity index (χ0) is 19.9. The Morgan fingerprint density at radius 1 is 1.15 bits per heavy atom. The fourth-order valence-corrected chi connectivity index (χ4v) is 1.93. The number of hydrogen-bond donors (Lipinski definition) is 2. The summed E-state index contributed by atoms with van der Waals surface area (Å²) < 4.78 is 50.4. The Morgan fingerprint density at radius 2 is 1.81 bits per heavy atom. The number of nitrogens with one attached hydrogen (secondary N) is 2. The lowest BCUT2D eigenvalue weighted by molar-refractivity contribution is -0.125. The number of urea groups is 1. The number of carbonyl (C=O) groups excluding carboxylic acids is 3. The lowest BCUT2D eigenvalue weighted by Gasteiger charge is -2.12. The maximum atomic E-state index is 11.9. The number of carbonyl (C=O) groups is 3. The monoisotopic (exact) mass is 398 g/mol. The minimum atomic E-state index is -4.63. The highest BCUT2D eigenvalue weighted by atomic mass is 35.5. The van der Waals surface area contributed by atoms with Crippen LogP contribution in [0.15, 0.2) is 12.1 Å². The standard InChI is InChI=1S/C14H14ClF3N2O6/c1-24-9-4-7(3-8(15)11(9)25-2)12(22)26-5-10(21)20-13(23)19-6-14(16,17)18/h3-4H,5-6H2,1-2H3,(H2,19,20,21,23). The van der Waals surface area contributed by atoms with Crippen LogP contribution in [-0.2, 0) is 9.53 Å². The van der Waals surface area contributed by atoms with Crippen LogP contribution in [0.1, 0.15) is 10.4 Å². The number of alkyl halides is 3. The smallest absolute Gasteiger partial charge is 0.405 e. The van der Waals surface area contributed by atoms with Gasteiger partial charge in [-0.15, -0.1) is 0 Å². The Hall–Kier alpha value is -2.69. The van der Waals surface area contributed by atoms with E-state index in [1.807, 2.05) is 0 Å². The Kier molecular flexibility index (Phi) is 7.50. The molecule has 0 atom stereocenters. The zero-order valence-electron chi connectivity index (χ0n) is 13.5. The first-order chi connectivity index (χ1) is 12.1. The van der Waals surface area contributed by atoms with Crippen molar-refractivity contribution in [3.05, 3.63) is 22.7 Å². The van der Waals surface area contributed by atoms with Crippen LogP contribution >= 0.6 is 11.6 Å². The molecule has 3 amide bonds. The van der Waals surface area contributed by atoms with E-state index in [2.05, 4.69) is 4.74 Å². The van der Waals surface area contributed by atoms with Crippen LogP contribution in [0, 0.1) is 0 Å². The molecule has 0 spiro atoms. The van der Waals surface area contributed by atoms with E-state index in [4.69, 9.17) is 21.1 Å². The summed E-state index contributed by atoms with van der Waals surface area (Å²) in [5.74, 6) is -1.77. The molecule has 0 aliphatic heterocycles. The fourth-order valence-electron chi connectivity index (χ4n) is 1.64. The highest BCUT2D eigenvalue weighted by Crippen LogP contribution is 2.36. The Balaban J connectivity index is 2.60. The van der Waals surface area contributed by atoms with Crippen molar-refractivity contribution in [2.45, 2.75) is 6.18 Å². The molecule has 0 bridgehead atoms. The molecule has 12 heteroatoms. The van der Waals surface area contributed by atoms with E-state index in [1.54, 1.807) is 5.32 Å². The molecule has 144 valence electrons. The number of imide groups is 1. The number of amides is 3. The zero-order valence-corrected chi connectivity index (χ0v) is 14.3. The maximum Gasteiger partial charge on any atom is 0.405 e. The number of benzene rings is 1. The van der Waals surface area contributed by atoms with Gasteiger partial charge in [-0.1, -0.05) is 11.6 Å². The molecule has 0 aliphatic rings. The third-order valence-electron chi connectivity index (χ3n) is 2.71. The Labute approximate surface area is 150 Å². The van der Waals surface area contributed by atoms with E-state index >= 15 is 0 Å². The average molecular weight is 399 g/mol. The van der Waals surface area contributed by atoms with Gasteiger partial charge in [-0.2, -0.15) is 13.2 Å². The van der Waals surface area contributed by atoms with Gasteiger partial charge >= 0.3 is 18.2 Å². The molecule has 0 aliphatic carbocycles. The quantitative estimate of drug-likeness (QED) is 0.709. The van der Waals surface area contributed by atoms with Gasteiger partial charge in [0.1, 0.15) is 6.54 Å². The SMILES string of the molecule is COc1cc(C(=O)OCC(=O)NC(=O)NCC(F)(F)F)cc(Cl)c1OC. The van der Waals surface area contributed by atoms with Gasteiger partial charge in [-0.25, -0.2) is 9.59 Å². The van der Waals surface area contributed by atoms with Crippen molar-refractivity contribution in [2.24, 2.45) is 0 Å². The molecule has 0 unspecified atom stereocenters. The molecular weight excluding hydrogens is 385 g/mol. The predicted octanol–water partition coefficient (Wildman–Crippen LogP) is 1.90. The lowest BCUT2D eigenvalue weighted by Crippen LogP contribution is -2.44. The summed E-state index contributed by atoms with van der Waals surface area (Å²) in [7, 11) is 2.66. The fraction of sp³-hybridized carbons (Fsp3) is 0.357. The molecule has 0 radical (unpaired) electrons. The molecule has 1 aromatic rings. The second kappa shape index (κ2) is 9.13. The molecule has 8 nitrogen and oxygen atoms in total. The third kappa shape index (κ3) is 6.67. The highest BCUT2D eigenvalue weighted by molar-refractivity contribution is 6.32. The van der Waals surface area contributed by atoms with Crippen molar-refractivity contribution < 1.29 is 41.8 Å². The van der Waals surface area contributed by atoms with E-state index in [1.165, 1.54) is 31.7 Å². The first-order valence-corrected chi connectivity index (χ1v) is 7.18. The van der Waals surface area contributed by atoms with Gasteiger partial charge in [-0.05, 0) is 12.1 Å². The third-order valence-corrected chi connectivity index (χ3v) is 2.99. The van der Waals surface area contributed by atoms with E-state index in [-0.39, 0.29) is 22.1 Å². The van der Waals surface area contributed by atoms with Crippen molar-refractivity contribution in [1.82, 2.24) is 10.6 Å². The van der Waals surface area contributed by atoms with Gasteiger partial charge in [0.05, 0.1) is 24.8 Å². The van der Waals surface area contributed by atoms with Gasteiger partial charge < -0.3 is 19.5 Å². The molecule has 26 heavy (non-hydrogen) atoms. The molecule has 0 heterocycles. The van der Waals surface area contributed by atoms with Crippen LogP contribution in [0.2, 0.25) is 5.02 Å². The molecule has 0 saturated heterocycles. The van der Waals surface area contributed by atoms with Gasteiger partial charge in [0.25, 0.3) is 5.91 Å². The van der Waals surface area contributed by atoms with Crippen LogP contribution in [-0.4, -0.2) is 51.5 Å². The van der Waals surface area contributed by atoms with Gasteiger partial charge in [0, 0.05) is 0 Å². The summed E-state index contributed by atoms with van der Waals surface area (Å²) >= 11 is 5.92. The topological polar surface area (TPSA) is 103 Å². The number of esters is 1. The highest BCUT2D eigenvalue weighted by Gasteiger charge is 2.28. The van der Waals surface area contributed by atoms with Crippen LogP contribution in [0.5, 0.6) is 11.5 Å². The number of hydrogen-bond acceptors (Lipinski definition) is 6. The summed E-state index contributed by atoms with van der Waals surface area (Å²) in [5.41, 5.74) is -0.0676. The summed E-state index contributed by atoms with van der Waals surface area (Å²) in [6.45, 7) is -2.51. The van der Waals surface area contributed by atoms with Crippen molar-refractivity contribution in [3.8, 4) is 11.5 Å². The van der Waals surface area contributed by atoms with Crippen molar-refractivity contribution in [2.75, 3.05) is 27.4 Å². The molecular formula is C14H14ClF3N2O6. The molecule has 1 aromatic carbocycles. The van der Waals surface area contributed by atoms with E-state index in [0.29, 0.717) is 0 Å². The molecule has 2 N–H and O–H groups in total. The molecule has 1 rings (SSSR count). The summed E-state index contributed by atoms with van der Waals surface area (Å²) in [5, 5.41) is 3.05. The summed E-state index contributed by atoms with van der Waals surface area (Å²) in [6.07, 6.45) is -4.63. The molecule has 0 aromatic heterocycles. The largest absolute Gasteiger partial charge is 0.493 e. The van der Waals surface area contributed by atoms with Gasteiger partial charge in [0.2, 0.25) is 0 Å². The van der Waals surface area contributed by atoms with Gasteiger partial charge in [-0.3, -0.25) is 10.1 Å². The van der Waals surface area contributed by atoms with E-state index < -0.39 is 37.2 Å². The number of methoxy groups -OCH3 is 2. The van der Waals surface area contributed by atoms with Crippen LogP contribution < -0.4 is 20.1 Å². The second-order valence-corrected chi connectivity index (χ2v) is 5.02. The maximum absolute atomic E-state index is 11.9. The Morgan fingerprint density at radius 3 is 2.35 bits per heavy atom. The minimum absolute atomic E-state index is 0.0507. The van der Waals surface area contributed by atoms with Crippen LogP contribution in [0.25, 0.3) is 0 Å². The second-order valence-electron chi connectivity index (χ2n) is 4.62. The van der Waals surface area contributed by atoms with Gasteiger partial charge in [0.15, 0.2) is 18.1 Å². The minimum Gasteiger partial charge on any atom is -0.493 e. The van der Waals surface area contributed by atoms with E-state index in [9.17, 15) is 27.6 Å². The normalized spacial score (nSPS) is 10.7. The number of ether oxygens (including phenoxy) is 3. The Bertz CT molecular complexity index is 696. The predicted molar refractivity (Wildman–Crippen MR) is 82.4 cm³/mol. The number of rotatable bonds is 6. The average Bonchev–Trinajstić information content (AvgIpc) is 2.56. The van der Waals surface area contributed by atoms with Crippen molar-refractivity contribution in [1.29, 1.82) is 0 Å². The van der Waals surface area contributed by atoms with Crippen LogP contribution in [0.4, 0.5) is 18.0 Å². The lowest BCUT2D eigenvalue weighted by atomic mass is 10.2. The summed E-state index contributed by atoms with van der Waals surface area (Å²) in [4.78, 5) is 34.4. The first-order valence-electron chi connectivity index (χ1n) is 6.80. The van der Waals surface area contributed by atoms with E-state index in [0.717, 1.165) is 0 Å². The van der Waals surface area contributed by atoms with Crippen molar-refractivity contribution >= 4 is 29.5 Å². The van der Waals surface area contributed by atoms with Crippen molar-refractivity contribution in [3.63, 3.8) is 0 Å². The summed E-state index contributed by atoms with van der Waals surface area (Å²) in [6, 6.07) is 1.08. The first kappa shape index (κ1) is 21.4. The molecule has 0 fully saturated rings. The van der Waals surface area contributed by atoms with Crippen LogP contribution in [0.3, 0.4) is 0 Å². The number of halogens is 4.